The molecule has 0 aliphatic carbocycles. The predicted octanol–water partition coefficient (Wildman–Crippen LogP) is 3.78. The van der Waals surface area contributed by atoms with E-state index in [0.29, 0.717) is 36.9 Å². The largest absolute Gasteiger partial charge is 0.478 e. The molecule has 0 N–H and O–H groups in total. The average Bonchev–Trinajstić information content (AvgIpc) is 3.39. The van der Waals surface area contributed by atoms with Gasteiger partial charge in [0.15, 0.2) is 17.3 Å². The molecule has 0 saturated carbocycles. The maximum absolute atomic E-state index is 12.9. The predicted molar refractivity (Wildman–Crippen MR) is 111 cm³/mol. The highest BCUT2D eigenvalue weighted by atomic mass is 16.7. The van der Waals surface area contributed by atoms with Gasteiger partial charge in [0.05, 0.1) is 11.1 Å². The zero-order chi connectivity index (χ0) is 20.8. The van der Waals surface area contributed by atoms with Crippen molar-refractivity contribution in [2.75, 3.05) is 13.5 Å². The molecule has 6 rings (SSSR count). The van der Waals surface area contributed by atoms with Crippen LogP contribution in [0.4, 0.5) is 0 Å². The molecule has 3 aliphatic rings. The van der Waals surface area contributed by atoms with Crippen molar-refractivity contribution in [1.29, 1.82) is 0 Å². The van der Waals surface area contributed by atoms with Crippen molar-refractivity contribution < 1.29 is 23.7 Å². The monoisotopic (exact) mass is 414 g/mol. The van der Waals surface area contributed by atoms with Crippen molar-refractivity contribution in [3.63, 3.8) is 0 Å². The van der Waals surface area contributed by atoms with Gasteiger partial charge in [0.2, 0.25) is 12.6 Å². The molecule has 0 fully saturated rings. The summed E-state index contributed by atoms with van der Waals surface area (Å²) in [7, 11) is 0. The zero-order valence-electron chi connectivity index (χ0n) is 16.5. The number of ether oxygens (including phenoxy) is 4. The van der Waals surface area contributed by atoms with Crippen LogP contribution in [-0.4, -0.2) is 29.2 Å². The lowest BCUT2D eigenvalue weighted by Crippen LogP contribution is -2.31. The molecule has 3 aromatic rings. The molecule has 0 radical (unpaired) electrons. The zero-order valence-corrected chi connectivity index (χ0v) is 16.5. The van der Waals surface area contributed by atoms with Crippen molar-refractivity contribution in [1.82, 2.24) is 9.88 Å². The first kappa shape index (κ1) is 18.0. The molecule has 7 heteroatoms. The van der Waals surface area contributed by atoms with Crippen LogP contribution in [0, 0.1) is 0 Å². The van der Waals surface area contributed by atoms with Crippen LogP contribution in [0.15, 0.2) is 60.6 Å². The second-order valence-electron chi connectivity index (χ2n) is 7.59. The number of hydrogen-bond donors (Lipinski definition) is 0. The van der Waals surface area contributed by atoms with Gasteiger partial charge in [0.1, 0.15) is 18.2 Å². The number of aromatic nitrogens is 1. The van der Waals surface area contributed by atoms with Gasteiger partial charge >= 0.3 is 0 Å². The molecule has 0 bridgehead atoms. The molecule has 3 aliphatic heterocycles. The summed E-state index contributed by atoms with van der Waals surface area (Å²) in [5.41, 5.74) is 3.35. The van der Waals surface area contributed by atoms with Crippen LogP contribution in [0.1, 0.15) is 27.0 Å². The molecule has 0 unspecified atom stereocenters. The second-order valence-corrected chi connectivity index (χ2v) is 7.59. The first-order chi connectivity index (χ1) is 15.2. The fourth-order valence-corrected chi connectivity index (χ4v) is 4.02. The van der Waals surface area contributed by atoms with E-state index < -0.39 is 0 Å². The van der Waals surface area contributed by atoms with Gasteiger partial charge in [-0.05, 0) is 47.5 Å². The second kappa shape index (κ2) is 7.14. The lowest BCUT2D eigenvalue weighted by molar-refractivity contribution is 0.0872. The Hall–Kier alpha value is -3.84. The van der Waals surface area contributed by atoms with E-state index in [2.05, 4.69) is 9.88 Å². The fraction of sp³-hybridized carbons (Fsp3) is 0.167. The van der Waals surface area contributed by atoms with Crippen LogP contribution in [0.25, 0.3) is 6.08 Å². The minimum Gasteiger partial charge on any atom is -0.478 e. The van der Waals surface area contributed by atoms with Gasteiger partial charge in [-0.15, -0.1) is 0 Å². The lowest BCUT2D eigenvalue weighted by Gasteiger charge is -2.29. The van der Waals surface area contributed by atoms with Crippen molar-refractivity contribution in [2.45, 2.75) is 13.1 Å². The fourth-order valence-electron chi connectivity index (χ4n) is 4.02. The first-order valence-corrected chi connectivity index (χ1v) is 9.98. The van der Waals surface area contributed by atoms with E-state index >= 15 is 0 Å². The quantitative estimate of drug-likeness (QED) is 0.604. The SMILES string of the molecule is O=C1/C(=C/c2cccnc2)Oc2c1ccc1c2CN(Cc2ccc3c(c2)OCO3)CO1. The van der Waals surface area contributed by atoms with Gasteiger partial charge in [0, 0.05) is 25.5 Å². The molecular weight excluding hydrogens is 396 g/mol. The van der Waals surface area contributed by atoms with Crippen molar-refractivity contribution in [3.8, 4) is 23.0 Å². The molecule has 0 spiro atoms. The molecule has 7 nitrogen and oxygen atoms in total. The highest BCUT2D eigenvalue weighted by Crippen LogP contribution is 2.42. The van der Waals surface area contributed by atoms with Crippen molar-refractivity contribution in [2.24, 2.45) is 0 Å². The lowest BCUT2D eigenvalue weighted by atomic mass is 10.0. The summed E-state index contributed by atoms with van der Waals surface area (Å²) in [5, 5.41) is 0. The Balaban J connectivity index is 1.26. The third kappa shape index (κ3) is 3.19. The number of allylic oxidation sites excluding steroid dienone is 1. The average molecular weight is 414 g/mol. The molecule has 154 valence electrons. The maximum Gasteiger partial charge on any atom is 0.231 e. The van der Waals surface area contributed by atoms with Crippen molar-refractivity contribution >= 4 is 11.9 Å². The third-order valence-electron chi connectivity index (χ3n) is 5.51. The number of benzene rings is 2. The van der Waals surface area contributed by atoms with Crippen LogP contribution in [-0.2, 0) is 13.1 Å². The van der Waals surface area contributed by atoms with Crippen LogP contribution in [0.3, 0.4) is 0 Å². The smallest absolute Gasteiger partial charge is 0.231 e. The molecule has 0 atom stereocenters. The summed E-state index contributed by atoms with van der Waals surface area (Å²) in [6.07, 6.45) is 5.10. The molecular formula is C24H18N2O5. The number of fused-ring (bicyclic) bond motifs is 4. The Labute approximate surface area is 178 Å². The third-order valence-corrected chi connectivity index (χ3v) is 5.51. The highest BCUT2D eigenvalue weighted by molar-refractivity contribution is 6.15. The number of carbonyl (C=O) groups is 1. The Kier molecular flexibility index (Phi) is 4.14. The van der Waals surface area contributed by atoms with Gasteiger partial charge in [-0.2, -0.15) is 0 Å². The molecule has 0 saturated heterocycles. The topological polar surface area (TPSA) is 70.1 Å². The number of hydrogen-bond acceptors (Lipinski definition) is 7. The Bertz CT molecular complexity index is 1220. The summed E-state index contributed by atoms with van der Waals surface area (Å²) in [6.45, 7) is 1.99. The Morgan fingerprint density at radius 3 is 2.84 bits per heavy atom. The van der Waals surface area contributed by atoms with E-state index in [1.807, 2.05) is 36.4 Å². The van der Waals surface area contributed by atoms with E-state index in [4.69, 9.17) is 18.9 Å². The van der Waals surface area contributed by atoms with Crippen molar-refractivity contribution in [3.05, 3.63) is 82.9 Å². The molecule has 1 aromatic heterocycles. The van der Waals surface area contributed by atoms with E-state index in [-0.39, 0.29) is 12.6 Å². The Morgan fingerprint density at radius 2 is 1.94 bits per heavy atom. The summed E-state index contributed by atoms with van der Waals surface area (Å²) < 4.78 is 22.8. The number of ketones is 1. The van der Waals surface area contributed by atoms with E-state index in [9.17, 15) is 4.79 Å². The summed E-state index contributed by atoms with van der Waals surface area (Å²) in [4.78, 5) is 19.1. The molecule has 31 heavy (non-hydrogen) atoms. The molecule has 0 amide bonds. The number of pyridine rings is 1. The number of nitrogens with zero attached hydrogens (tertiary/aromatic N) is 2. The number of Topliss-reactive ketones (excluding diaryl/α,β-unsaturated/α-hetero) is 1. The van der Waals surface area contributed by atoms with E-state index in [1.165, 1.54) is 0 Å². The van der Waals surface area contributed by atoms with Gasteiger partial charge in [-0.1, -0.05) is 12.1 Å². The molecule has 4 heterocycles. The summed E-state index contributed by atoms with van der Waals surface area (Å²) >= 11 is 0. The Morgan fingerprint density at radius 1 is 1.03 bits per heavy atom. The van der Waals surface area contributed by atoms with E-state index in [0.717, 1.165) is 33.9 Å². The van der Waals surface area contributed by atoms with Gasteiger partial charge < -0.3 is 18.9 Å². The minimum atomic E-state index is -0.130. The van der Waals surface area contributed by atoms with Gasteiger partial charge in [-0.25, -0.2) is 0 Å². The number of rotatable bonds is 3. The van der Waals surface area contributed by atoms with Crippen LogP contribution in [0.2, 0.25) is 0 Å². The summed E-state index contributed by atoms with van der Waals surface area (Å²) in [5.74, 6) is 3.01. The maximum atomic E-state index is 12.9. The highest BCUT2D eigenvalue weighted by Gasteiger charge is 2.33. The molecule has 2 aromatic carbocycles. The van der Waals surface area contributed by atoms with Crippen LogP contribution >= 0.6 is 0 Å². The number of carbonyl (C=O) groups excluding carboxylic acids is 1. The standard InChI is InChI=1S/C24H18N2O5/c27-23-17-4-6-19-18(24(17)31-22(23)8-15-2-1-7-25-10-15)12-26(13-28-19)11-16-3-5-20-21(9-16)30-14-29-20/h1-10H,11-14H2/b22-8-. The van der Waals surface area contributed by atoms with Gasteiger partial charge in [-0.3, -0.25) is 14.7 Å². The van der Waals surface area contributed by atoms with E-state index in [1.54, 1.807) is 24.5 Å². The first-order valence-electron chi connectivity index (χ1n) is 9.98. The summed E-state index contributed by atoms with van der Waals surface area (Å²) in [6, 6.07) is 13.3. The minimum absolute atomic E-state index is 0.130. The van der Waals surface area contributed by atoms with Crippen LogP contribution in [0.5, 0.6) is 23.0 Å². The van der Waals surface area contributed by atoms with Crippen LogP contribution < -0.4 is 18.9 Å². The van der Waals surface area contributed by atoms with Gasteiger partial charge in [0.25, 0.3) is 0 Å². The normalized spacial score (nSPS) is 17.8.